The summed E-state index contributed by atoms with van der Waals surface area (Å²) in [6.07, 6.45) is 5.05. The van der Waals surface area contributed by atoms with Crippen molar-refractivity contribution in [1.82, 2.24) is 40.3 Å². The predicted octanol–water partition coefficient (Wildman–Crippen LogP) is 7.36. The Labute approximate surface area is 387 Å². The first-order valence-corrected chi connectivity index (χ1v) is 26.7. The number of aromatic amines is 2. The van der Waals surface area contributed by atoms with E-state index in [2.05, 4.69) is 94.1 Å². The van der Waals surface area contributed by atoms with Crippen LogP contribution in [0.2, 0.25) is 0 Å². The summed E-state index contributed by atoms with van der Waals surface area (Å²) < 4.78 is 10.2. The predicted molar refractivity (Wildman–Crippen MR) is 250 cm³/mol. The number of Topliss-reactive ketones (excluding diaryl/α,β-unsaturated/α-hetero) is 1. The fraction of sp³-hybridized carbons (Fsp3) is 0.282. The molecule has 8 rings (SSSR count). The fourth-order valence-corrected chi connectivity index (χ4v) is 7.04. The molecular formula is C39H44I3N11O5V. The van der Waals surface area contributed by atoms with Gasteiger partial charge in [-0.3, -0.25) is 15.0 Å². The first-order chi connectivity index (χ1) is 27.5. The summed E-state index contributed by atoms with van der Waals surface area (Å²) in [6, 6.07) is 14.8. The number of nitrogens with two attached hydrogens (primary N) is 3. The van der Waals surface area contributed by atoms with Crippen LogP contribution in [0.3, 0.4) is 0 Å². The topological polar surface area (TPSA) is 260 Å². The van der Waals surface area contributed by atoms with Gasteiger partial charge in [0, 0.05) is 41.7 Å². The van der Waals surface area contributed by atoms with Crippen LogP contribution in [0.1, 0.15) is 76.5 Å². The zero-order valence-electron chi connectivity index (χ0n) is 33.0. The number of hydrogen-bond acceptors (Lipinski definition) is 13. The number of H-pyrrole nitrogens is 2. The minimum absolute atomic E-state index is 0. The summed E-state index contributed by atoms with van der Waals surface area (Å²) >= 11 is 4.74. The number of carboxylic acids is 1. The molecule has 16 nitrogen and oxygen atoms in total. The monoisotopic (exact) mass is 1180 g/mol. The number of fused-ring (bicyclic) bond motifs is 6. The number of ketones is 1. The van der Waals surface area contributed by atoms with E-state index in [0.717, 1.165) is 39.4 Å². The Morgan fingerprint density at radius 1 is 0.763 bits per heavy atom. The van der Waals surface area contributed by atoms with Crippen molar-refractivity contribution in [1.29, 1.82) is 0 Å². The molecule has 20 heteroatoms. The summed E-state index contributed by atoms with van der Waals surface area (Å²) in [5, 5.41) is 23.3. The van der Waals surface area contributed by atoms with Crippen LogP contribution >= 0.6 is 63.9 Å². The summed E-state index contributed by atoms with van der Waals surface area (Å²) in [7, 11) is 3.86. The molecule has 2 aliphatic carbocycles. The standard InChI is InChI=1S/C20H21N5O2.C12H13N5O2.C7H9NO.3HI.V/c1-20(2)9-12-10-22-19(21)23-16(12)18-15(20)17(24-25-18)14(26)8-11-5-4-6-13(7-11)27-3;1-12(2)3-5-4-14-11(13)15-7(5)8-6(12)9(10(18)19)17-16-8;1-9-7-4-2-3-6(8)5-7;;;;/h4-7,10H,8-9H2,1-3H3,(H,24,25)(H2,21,22,23);4H,3H2,1-2H3,(H,16,17)(H,18,19)(H2,13,14,15);2-5H,8H2,1H3;3*1H;/q;;;;;;+2/p-2. The zero-order chi connectivity index (χ0) is 42.4. The van der Waals surface area contributed by atoms with Crippen molar-refractivity contribution >= 4 is 93.3 Å². The average molecular weight is 1180 g/mol. The number of anilines is 3. The number of halogens is 3. The van der Waals surface area contributed by atoms with E-state index in [1.54, 1.807) is 32.7 Å². The van der Waals surface area contributed by atoms with Gasteiger partial charge in [-0.05, 0) is 64.6 Å². The molecule has 0 saturated heterocycles. The Morgan fingerprint density at radius 3 is 1.68 bits per heavy atom. The third kappa shape index (κ3) is 11.2. The first kappa shape index (κ1) is 47.6. The van der Waals surface area contributed by atoms with Gasteiger partial charge in [-0.2, -0.15) is 10.2 Å². The van der Waals surface area contributed by atoms with Crippen LogP contribution in [0.25, 0.3) is 22.8 Å². The van der Waals surface area contributed by atoms with Crippen LogP contribution in [-0.2, 0) is 39.6 Å². The number of rotatable bonds is 6. The third-order valence-electron chi connectivity index (χ3n) is 9.45. The van der Waals surface area contributed by atoms with Gasteiger partial charge in [0.2, 0.25) is 11.9 Å². The van der Waals surface area contributed by atoms with E-state index in [4.69, 9.17) is 26.7 Å². The number of nitrogens with one attached hydrogen (secondary N) is 2. The van der Waals surface area contributed by atoms with Gasteiger partial charge in [0.1, 0.15) is 34.3 Å². The Morgan fingerprint density at radius 2 is 1.22 bits per heavy atom. The fourth-order valence-electron chi connectivity index (χ4n) is 7.04. The molecule has 0 fully saturated rings. The number of hydrogen-bond donors (Lipinski definition) is 6. The maximum atomic E-state index is 13.0. The Hall–Kier alpha value is -4.07. The van der Waals surface area contributed by atoms with Gasteiger partial charge < -0.3 is 31.8 Å². The Balaban J connectivity index is 0.000000208. The number of carbonyl (C=O) groups is 2. The van der Waals surface area contributed by atoms with Gasteiger partial charge in [0.15, 0.2) is 5.78 Å². The minimum atomic E-state index is -1.02. The van der Waals surface area contributed by atoms with E-state index in [1.165, 1.54) is 0 Å². The molecule has 0 unspecified atom stereocenters. The molecule has 59 heavy (non-hydrogen) atoms. The van der Waals surface area contributed by atoms with Gasteiger partial charge >= 0.3 is 55.4 Å². The summed E-state index contributed by atoms with van der Waals surface area (Å²) in [4.78, 5) is 40.9. The molecule has 0 spiro atoms. The average Bonchev–Trinajstić information content (AvgIpc) is 3.85. The van der Waals surface area contributed by atoms with Crippen molar-refractivity contribution in [2.45, 2.75) is 57.8 Å². The van der Waals surface area contributed by atoms with Crippen LogP contribution < -0.4 is 26.7 Å². The van der Waals surface area contributed by atoms with Crippen LogP contribution in [0.15, 0.2) is 60.9 Å². The van der Waals surface area contributed by atoms with Gasteiger partial charge in [-0.15, -0.1) is 24.0 Å². The number of nitrogen functional groups attached to an aromatic ring is 3. The number of ether oxygens (including phenoxy) is 2. The maximum absolute atomic E-state index is 13.0. The van der Waals surface area contributed by atoms with E-state index >= 15 is 0 Å². The molecule has 6 aromatic rings. The molecule has 0 bridgehead atoms. The van der Waals surface area contributed by atoms with Gasteiger partial charge in [0.05, 0.1) is 25.6 Å². The van der Waals surface area contributed by atoms with Crippen LogP contribution in [0.5, 0.6) is 11.5 Å². The second-order valence-corrected chi connectivity index (χ2v) is 26.4. The molecule has 2 aliphatic rings. The molecule has 4 aromatic heterocycles. The molecule has 0 atom stereocenters. The number of methoxy groups -OCH3 is 2. The number of aromatic carboxylic acids is 1. The van der Waals surface area contributed by atoms with Gasteiger partial charge in [-0.1, -0.05) is 45.9 Å². The Bertz CT molecular complexity index is 2440. The summed E-state index contributed by atoms with van der Waals surface area (Å²) in [5.41, 5.74) is 24.5. The SMILES string of the molecule is CC1(C)Cc2cnc(N)nc2-c2n[nH]c(C(=O)O)c21.COc1cccc(CC(=O)c2[nH]nc3c2C(C)(C)Cc2cnc(N)nc2-3)c1.COc1cccc(N)c1.I.[I][V][I]. The van der Waals surface area contributed by atoms with E-state index in [0.29, 0.717) is 56.3 Å². The van der Waals surface area contributed by atoms with E-state index in [1.807, 2.05) is 56.3 Å². The second kappa shape index (κ2) is 20.5. The number of carboxylic acid groups (broad SMARTS) is 1. The Kier molecular flexibility index (Phi) is 16.5. The third-order valence-corrected chi connectivity index (χ3v) is 9.45. The van der Waals surface area contributed by atoms with Crippen molar-refractivity contribution < 1.29 is 33.6 Å². The molecule has 0 aliphatic heterocycles. The summed E-state index contributed by atoms with van der Waals surface area (Å²) in [5.74, 6) is 0.849. The van der Waals surface area contributed by atoms with E-state index < -0.39 is 5.97 Å². The quantitative estimate of drug-likeness (QED) is 0.0541. The summed E-state index contributed by atoms with van der Waals surface area (Å²) in [6.45, 7) is 8.16. The molecule has 0 radical (unpaired) electrons. The number of carbonyl (C=O) groups excluding carboxylic acids is 1. The molecule has 0 amide bonds. The molecular weight excluding hydrogens is 1130 g/mol. The normalized spacial score (nSPS) is 13.2. The number of aromatic nitrogens is 8. The molecule has 0 saturated carbocycles. The number of nitrogens with zero attached hydrogens (tertiary/aromatic N) is 6. The van der Waals surface area contributed by atoms with Crippen molar-refractivity contribution in [2.24, 2.45) is 0 Å². The molecule has 4 heterocycles. The molecule has 9 N–H and O–H groups in total. The van der Waals surface area contributed by atoms with Crippen molar-refractivity contribution in [3.8, 4) is 34.3 Å². The molecule has 311 valence electrons. The van der Waals surface area contributed by atoms with Crippen molar-refractivity contribution in [3.63, 3.8) is 0 Å². The zero-order valence-corrected chi connectivity index (χ0v) is 41.0. The van der Waals surface area contributed by atoms with Crippen LogP contribution in [0, 0.1) is 0 Å². The second-order valence-electron chi connectivity index (χ2n) is 14.6. The van der Waals surface area contributed by atoms with Gasteiger partial charge in [-0.25, -0.2) is 24.7 Å². The van der Waals surface area contributed by atoms with Gasteiger partial charge in [0.25, 0.3) is 0 Å². The number of benzene rings is 2. The van der Waals surface area contributed by atoms with Crippen molar-refractivity contribution in [3.05, 3.63) is 100 Å². The molecule has 2 aromatic carbocycles. The van der Waals surface area contributed by atoms with Crippen molar-refractivity contribution in [2.75, 3.05) is 31.4 Å². The van der Waals surface area contributed by atoms with Crippen LogP contribution in [0.4, 0.5) is 17.6 Å². The first-order valence-electron chi connectivity index (χ1n) is 17.7. The van der Waals surface area contributed by atoms with E-state index in [9.17, 15) is 14.7 Å². The van der Waals surface area contributed by atoms with E-state index in [-0.39, 0.29) is 64.6 Å². The van der Waals surface area contributed by atoms with Crippen LogP contribution in [-0.4, -0.2) is 71.4 Å².